The molecule has 0 spiro atoms. The van der Waals surface area contributed by atoms with Crippen molar-refractivity contribution >= 4 is 34.9 Å². The highest BCUT2D eigenvalue weighted by molar-refractivity contribution is 6.35. The average molecular weight is 321 g/mol. The van der Waals surface area contributed by atoms with Crippen LogP contribution in [0.1, 0.15) is 18.4 Å². The first-order chi connectivity index (χ1) is 10.1. The topological polar surface area (TPSA) is 41.1 Å². The van der Waals surface area contributed by atoms with Gasteiger partial charge in [0, 0.05) is 15.7 Å². The average Bonchev–Trinajstić information content (AvgIpc) is 3.19. The second-order valence-electron chi connectivity index (χ2n) is 5.19. The number of anilines is 1. The molecule has 2 aromatic rings. The third-order valence-electron chi connectivity index (χ3n) is 3.55. The van der Waals surface area contributed by atoms with Gasteiger partial charge in [0.2, 0.25) is 0 Å². The minimum Gasteiger partial charge on any atom is -0.328 e. The van der Waals surface area contributed by atoms with Crippen LogP contribution in [0.4, 0.5) is 10.5 Å². The molecule has 0 atom stereocenters. The number of benzene rings is 2. The third kappa shape index (κ3) is 3.31. The summed E-state index contributed by atoms with van der Waals surface area (Å²) >= 11 is 11.8. The first kappa shape index (κ1) is 14.2. The molecule has 0 unspecified atom stereocenters. The minimum absolute atomic E-state index is 0.242. The highest BCUT2D eigenvalue weighted by Gasteiger charge is 2.45. The lowest BCUT2D eigenvalue weighted by Gasteiger charge is -2.18. The van der Waals surface area contributed by atoms with Gasteiger partial charge in [-0.3, -0.25) is 0 Å². The molecule has 0 aromatic heterocycles. The standard InChI is InChI=1S/C16H14Cl2N2O/c17-12-8-13(18)10-14(9-12)19-15(21)20-16(6-7-16)11-4-2-1-3-5-11/h1-5,8-10H,6-7H2,(H2,19,20,21). The molecule has 2 aromatic carbocycles. The van der Waals surface area contributed by atoms with E-state index < -0.39 is 0 Å². The molecule has 3 nitrogen and oxygen atoms in total. The van der Waals surface area contributed by atoms with Crippen LogP contribution in [0.25, 0.3) is 0 Å². The SMILES string of the molecule is O=C(Nc1cc(Cl)cc(Cl)c1)NC1(c2ccccc2)CC1. The molecule has 3 rings (SSSR count). The van der Waals surface area contributed by atoms with Crippen LogP contribution < -0.4 is 10.6 Å². The first-order valence-corrected chi connectivity index (χ1v) is 7.44. The van der Waals surface area contributed by atoms with Crippen molar-refractivity contribution in [2.75, 3.05) is 5.32 Å². The molecular weight excluding hydrogens is 307 g/mol. The predicted molar refractivity (Wildman–Crippen MR) is 86.0 cm³/mol. The Hall–Kier alpha value is -1.71. The van der Waals surface area contributed by atoms with Crippen LogP contribution in [0.15, 0.2) is 48.5 Å². The van der Waals surface area contributed by atoms with Crippen LogP contribution in [0.2, 0.25) is 10.0 Å². The number of carbonyl (C=O) groups excluding carboxylic acids is 1. The Bertz CT molecular complexity index is 649. The molecule has 1 saturated carbocycles. The number of halogens is 2. The Morgan fingerprint density at radius 3 is 2.19 bits per heavy atom. The maximum absolute atomic E-state index is 12.2. The molecule has 0 bridgehead atoms. The van der Waals surface area contributed by atoms with E-state index in [0.717, 1.165) is 18.4 Å². The van der Waals surface area contributed by atoms with Gasteiger partial charge in [-0.15, -0.1) is 0 Å². The lowest BCUT2D eigenvalue weighted by atomic mass is 10.1. The second-order valence-corrected chi connectivity index (χ2v) is 6.06. The highest BCUT2D eigenvalue weighted by atomic mass is 35.5. The number of carbonyl (C=O) groups is 1. The number of hydrogen-bond donors (Lipinski definition) is 2. The maximum atomic E-state index is 12.2. The summed E-state index contributed by atoms with van der Waals surface area (Å²) in [4.78, 5) is 12.2. The van der Waals surface area contributed by atoms with Crippen molar-refractivity contribution in [2.45, 2.75) is 18.4 Å². The van der Waals surface area contributed by atoms with Gasteiger partial charge in [0.1, 0.15) is 0 Å². The van der Waals surface area contributed by atoms with Gasteiger partial charge in [0.15, 0.2) is 0 Å². The lowest BCUT2D eigenvalue weighted by Crippen LogP contribution is -2.38. The second kappa shape index (κ2) is 5.58. The van der Waals surface area contributed by atoms with E-state index in [-0.39, 0.29) is 11.6 Å². The molecule has 1 aliphatic rings. The summed E-state index contributed by atoms with van der Waals surface area (Å²) in [5, 5.41) is 6.78. The highest BCUT2D eigenvalue weighted by Crippen LogP contribution is 2.45. The van der Waals surface area contributed by atoms with Crippen LogP contribution in [0.3, 0.4) is 0 Å². The fourth-order valence-electron chi connectivity index (χ4n) is 2.37. The number of amides is 2. The van der Waals surface area contributed by atoms with E-state index >= 15 is 0 Å². The van der Waals surface area contributed by atoms with Gasteiger partial charge in [-0.25, -0.2) is 4.79 Å². The molecule has 5 heteroatoms. The maximum Gasteiger partial charge on any atom is 0.319 e. The zero-order valence-electron chi connectivity index (χ0n) is 11.2. The molecule has 2 amide bonds. The van der Waals surface area contributed by atoms with Gasteiger partial charge in [-0.1, -0.05) is 53.5 Å². The first-order valence-electron chi connectivity index (χ1n) is 6.68. The Kier molecular flexibility index (Phi) is 3.79. The quantitative estimate of drug-likeness (QED) is 0.837. The Morgan fingerprint density at radius 1 is 1.00 bits per heavy atom. The van der Waals surface area contributed by atoms with Crippen molar-refractivity contribution in [1.29, 1.82) is 0 Å². The smallest absolute Gasteiger partial charge is 0.319 e. The van der Waals surface area contributed by atoms with Gasteiger partial charge in [0.05, 0.1) is 5.54 Å². The van der Waals surface area contributed by atoms with Crippen molar-refractivity contribution in [3.8, 4) is 0 Å². The molecule has 2 N–H and O–H groups in total. The molecule has 0 heterocycles. The van der Waals surface area contributed by atoms with E-state index in [2.05, 4.69) is 10.6 Å². The summed E-state index contributed by atoms with van der Waals surface area (Å²) in [5.74, 6) is 0. The van der Waals surface area contributed by atoms with Crippen LogP contribution in [0, 0.1) is 0 Å². The number of urea groups is 1. The summed E-state index contributed by atoms with van der Waals surface area (Å²) in [5.41, 5.74) is 1.46. The van der Waals surface area contributed by atoms with Crippen molar-refractivity contribution in [2.24, 2.45) is 0 Å². The van der Waals surface area contributed by atoms with E-state index in [1.54, 1.807) is 18.2 Å². The molecule has 0 aliphatic heterocycles. The van der Waals surface area contributed by atoms with Crippen molar-refractivity contribution in [3.05, 3.63) is 64.1 Å². The Morgan fingerprint density at radius 2 is 1.62 bits per heavy atom. The molecular formula is C16H14Cl2N2O. The fraction of sp³-hybridized carbons (Fsp3) is 0.188. The van der Waals surface area contributed by atoms with Crippen molar-refractivity contribution in [3.63, 3.8) is 0 Å². The monoisotopic (exact) mass is 320 g/mol. The fourth-order valence-corrected chi connectivity index (χ4v) is 2.90. The molecule has 21 heavy (non-hydrogen) atoms. The summed E-state index contributed by atoms with van der Waals surface area (Å²) in [6.07, 6.45) is 1.89. The van der Waals surface area contributed by atoms with Crippen molar-refractivity contribution in [1.82, 2.24) is 5.32 Å². The van der Waals surface area contributed by atoms with Gasteiger partial charge < -0.3 is 10.6 Å². The number of rotatable bonds is 3. The number of nitrogens with one attached hydrogen (secondary N) is 2. The van der Waals surface area contributed by atoms with Crippen LogP contribution in [-0.2, 0) is 5.54 Å². The van der Waals surface area contributed by atoms with E-state index in [1.165, 1.54) is 0 Å². The third-order valence-corrected chi connectivity index (χ3v) is 3.99. The summed E-state index contributed by atoms with van der Waals surface area (Å²) in [6.45, 7) is 0. The van der Waals surface area contributed by atoms with Crippen LogP contribution in [-0.4, -0.2) is 6.03 Å². The normalized spacial score (nSPS) is 15.3. The Balaban J connectivity index is 1.70. The molecule has 1 fully saturated rings. The van der Waals surface area contributed by atoms with Gasteiger partial charge >= 0.3 is 6.03 Å². The molecule has 1 aliphatic carbocycles. The lowest BCUT2D eigenvalue weighted by molar-refractivity contribution is 0.247. The summed E-state index contributed by atoms with van der Waals surface area (Å²) < 4.78 is 0. The Labute approximate surface area is 133 Å². The molecule has 0 radical (unpaired) electrons. The van der Waals surface area contributed by atoms with E-state index in [4.69, 9.17) is 23.2 Å². The number of hydrogen-bond acceptors (Lipinski definition) is 1. The van der Waals surface area contributed by atoms with E-state index in [9.17, 15) is 4.79 Å². The van der Waals surface area contributed by atoms with Crippen LogP contribution >= 0.6 is 23.2 Å². The zero-order chi connectivity index (χ0) is 14.9. The predicted octanol–water partition coefficient (Wildman–Crippen LogP) is 4.80. The van der Waals surface area contributed by atoms with Gasteiger partial charge in [0.25, 0.3) is 0 Å². The summed E-state index contributed by atoms with van der Waals surface area (Å²) in [7, 11) is 0. The van der Waals surface area contributed by atoms with Gasteiger partial charge in [-0.05, 0) is 36.6 Å². The molecule has 0 saturated heterocycles. The zero-order valence-corrected chi connectivity index (χ0v) is 12.7. The largest absolute Gasteiger partial charge is 0.328 e. The van der Waals surface area contributed by atoms with E-state index in [0.29, 0.717) is 15.7 Å². The van der Waals surface area contributed by atoms with E-state index in [1.807, 2.05) is 30.3 Å². The minimum atomic E-state index is -0.255. The molecule has 108 valence electrons. The summed E-state index contributed by atoms with van der Waals surface area (Å²) in [6, 6.07) is 14.7. The van der Waals surface area contributed by atoms with Crippen LogP contribution in [0.5, 0.6) is 0 Å². The van der Waals surface area contributed by atoms with Crippen molar-refractivity contribution < 1.29 is 4.79 Å². The van der Waals surface area contributed by atoms with Gasteiger partial charge in [-0.2, -0.15) is 0 Å².